The molecule has 0 bridgehead atoms. The molecule has 0 N–H and O–H groups in total. The molecule has 2 nitrogen and oxygen atoms in total. The summed E-state index contributed by atoms with van der Waals surface area (Å²) in [5, 5.41) is 0.740. The van der Waals surface area contributed by atoms with E-state index in [2.05, 4.69) is 12.1 Å². The van der Waals surface area contributed by atoms with E-state index >= 15 is 0 Å². The van der Waals surface area contributed by atoms with E-state index in [1.165, 1.54) is 0 Å². The Morgan fingerprint density at radius 3 is 2.50 bits per heavy atom. The Labute approximate surface area is 123 Å². The highest BCUT2D eigenvalue weighted by atomic mass is 35.5. The van der Waals surface area contributed by atoms with Gasteiger partial charge in [0, 0.05) is 22.7 Å². The molecule has 0 saturated carbocycles. The molecule has 1 atom stereocenters. The molecule has 1 amide bonds. The van der Waals surface area contributed by atoms with Crippen molar-refractivity contribution in [1.29, 1.82) is 0 Å². The lowest BCUT2D eigenvalue weighted by atomic mass is 9.81. The van der Waals surface area contributed by atoms with Gasteiger partial charge >= 0.3 is 0 Å². The van der Waals surface area contributed by atoms with Gasteiger partial charge in [-0.3, -0.25) is 4.79 Å². The third-order valence-electron chi connectivity index (χ3n) is 4.55. The van der Waals surface area contributed by atoms with Gasteiger partial charge in [0.25, 0.3) is 5.91 Å². The number of hydrogen-bond acceptors (Lipinski definition) is 1. The number of fused-ring (bicyclic) bond motifs is 3. The highest BCUT2D eigenvalue weighted by Crippen LogP contribution is 2.52. The van der Waals surface area contributed by atoms with Gasteiger partial charge in [-0.25, -0.2) is 0 Å². The molecule has 1 fully saturated rings. The van der Waals surface area contributed by atoms with E-state index in [-0.39, 0.29) is 11.4 Å². The van der Waals surface area contributed by atoms with Crippen molar-refractivity contribution in [2.24, 2.45) is 0 Å². The summed E-state index contributed by atoms with van der Waals surface area (Å²) in [5.74, 6) is 0.137. The predicted octanol–water partition coefficient (Wildman–Crippen LogP) is 3.83. The van der Waals surface area contributed by atoms with Crippen LogP contribution in [0.2, 0.25) is 5.02 Å². The normalized spacial score (nSPS) is 23.9. The number of carbonyl (C=O) groups excluding carboxylic acids is 1. The molecule has 2 heterocycles. The Morgan fingerprint density at radius 2 is 1.70 bits per heavy atom. The third-order valence-corrected chi connectivity index (χ3v) is 4.88. The van der Waals surface area contributed by atoms with Crippen LogP contribution in [-0.2, 0) is 5.54 Å². The number of benzene rings is 2. The summed E-state index contributed by atoms with van der Waals surface area (Å²) in [7, 11) is 0. The van der Waals surface area contributed by atoms with Gasteiger partial charge in [-0.05, 0) is 30.5 Å². The molecule has 2 aromatic carbocycles. The van der Waals surface area contributed by atoms with E-state index in [1.54, 1.807) is 0 Å². The molecule has 0 aliphatic carbocycles. The second-order valence-corrected chi connectivity index (χ2v) is 5.85. The summed E-state index contributed by atoms with van der Waals surface area (Å²) < 4.78 is 0. The predicted molar refractivity (Wildman–Crippen MR) is 78.9 cm³/mol. The van der Waals surface area contributed by atoms with Crippen LogP contribution >= 0.6 is 11.6 Å². The summed E-state index contributed by atoms with van der Waals surface area (Å²) in [6, 6.07) is 15.8. The smallest absolute Gasteiger partial charge is 0.255 e. The summed E-state index contributed by atoms with van der Waals surface area (Å²) in [6.45, 7) is 0.804. The molecule has 1 saturated heterocycles. The zero-order valence-corrected chi connectivity index (χ0v) is 11.7. The Hall–Kier alpha value is -1.80. The summed E-state index contributed by atoms with van der Waals surface area (Å²) in [4.78, 5) is 14.6. The minimum atomic E-state index is -0.355. The number of hydrogen-bond donors (Lipinski definition) is 0. The Balaban J connectivity index is 2.04. The second-order valence-electron chi connectivity index (χ2n) is 5.45. The van der Waals surface area contributed by atoms with Gasteiger partial charge in [0.2, 0.25) is 0 Å². The van der Waals surface area contributed by atoms with Crippen molar-refractivity contribution in [2.75, 3.05) is 6.54 Å². The molecule has 2 aliphatic heterocycles. The SMILES string of the molecule is O=C1c2ccccc2C2(c3ccccc3Cl)CCCN12. The molecule has 0 radical (unpaired) electrons. The molecule has 0 aromatic heterocycles. The summed E-state index contributed by atoms with van der Waals surface area (Å²) in [5.41, 5.74) is 2.63. The molecule has 2 aromatic rings. The molecular weight excluding hydrogens is 270 g/mol. The van der Waals surface area contributed by atoms with E-state index in [0.717, 1.165) is 41.1 Å². The van der Waals surface area contributed by atoms with Crippen LogP contribution in [0.3, 0.4) is 0 Å². The van der Waals surface area contributed by atoms with Gasteiger partial charge in [0.15, 0.2) is 0 Å². The minimum absolute atomic E-state index is 0.137. The van der Waals surface area contributed by atoms with Crippen molar-refractivity contribution in [3.63, 3.8) is 0 Å². The molecule has 4 rings (SSSR count). The van der Waals surface area contributed by atoms with Gasteiger partial charge in [0.05, 0.1) is 5.54 Å². The first-order chi connectivity index (χ1) is 9.75. The average molecular weight is 284 g/mol. The van der Waals surface area contributed by atoms with Crippen LogP contribution in [0.4, 0.5) is 0 Å². The Kier molecular flexibility index (Phi) is 2.45. The third kappa shape index (κ3) is 1.32. The van der Waals surface area contributed by atoms with Gasteiger partial charge in [-0.2, -0.15) is 0 Å². The first-order valence-corrected chi connectivity index (χ1v) is 7.29. The maximum atomic E-state index is 12.7. The maximum Gasteiger partial charge on any atom is 0.255 e. The van der Waals surface area contributed by atoms with Gasteiger partial charge in [-0.15, -0.1) is 0 Å². The van der Waals surface area contributed by atoms with E-state index < -0.39 is 0 Å². The number of carbonyl (C=O) groups is 1. The fourth-order valence-electron chi connectivity index (χ4n) is 3.77. The largest absolute Gasteiger partial charge is 0.325 e. The van der Waals surface area contributed by atoms with Gasteiger partial charge < -0.3 is 4.90 Å². The van der Waals surface area contributed by atoms with Crippen molar-refractivity contribution in [2.45, 2.75) is 18.4 Å². The summed E-state index contributed by atoms with van der Waals surface area (Å²) in [6.07, 6.45) is 1.96. The van der Waals surface area contributed by atoms with Crippen molar-refractivity contribution in [1.82, 2.24) is 4.90 Å². The number of halogens is 1. The van der Waals surface area contributed by atoms with Crippen LogP contribution in [0.1, 0.15) is 34.3 Å². The first kappa shape index (κ1) is 12.0. The maximum absolute atomic E-state index is 12.7. The Morgan fingerprint density at radius 1 is 1.00 bits per heavy atom. The highest BCUT2D eigenvalue weighted by Gasteiger charge is 2.53. The lowest BCUT2D eigenvalue weighted by Crippen LogP contribution is -2.39. The van der Waals surface area contributed by atoms with Crippen LogP contribution in [0.25, 0.3) is 0 Å². The molecule has 20 heavy (non-hydrogen) atoms. The number of amides is 1. The van der Waals surface area contributed by atoms with Crippen LogP contribution in [-0.4, -0.2) is 17.4 Å². The average Bonchev–Trinajstić information content (AvgIpc) is 3.00. The zero-order valence-electron chi connectivity index (χ0n) is 11.0. The molecule has 1 unspecified atom stereocenters. The molecular formula is C17H14ClNO. The van der Waals surface area contributed by atoms with Crippen molar-refractivity contribution in [3.8, 4) is 0 Å². The molecule has 3 heteroatoms. The van der Waals surface area contributed by atoms with E-state index in [1.807, 2.05) is 41.3 Å². The van der Waals surface area contributed by atoms with Crippen LogP contribution in [0.15, 0.2) is 48.5 Å². The second kappa shape index (κ2) is 4.10. The fraction of sp³-hybridized carbons (Fsp3) is 0.235. The quantitative estimate of drug-likeness (QED) is 0.779. The molecule has 0 spiro atoms. The minimum Gasteiger partial charge on any atom is -0.325 e. The lowest BCUT2D eigenvalue weighted by molar-refractivity contribution is 0.0711. The van der Waals surface area contributed by atoms with E-state index in [4.69, 9.17) is 11.6 Å². The summed E-state index contributed by atoms with van der Waals surface area (Å²) >= 11 is 6.44. The van der Waals surface area contributed by atoms with E-state index in [9.17, 15) is 4.79 Å². The fourth-order valence-corrected chi connectivity index (χ4v) is 4.06. The number of rotatable bonds is 1. The standard InChI is InChI=1S/C17H14ClNO/c18-15-9-4-3-8-14(15)17-10-5-11-19(17)16(20)12-6-1-2-7-13(12)17/h1-4,6-9H,5,10-11H2. The van der Waals surface area contributed by atoms with Crippen LogP contribution in [0.5, 0.6) is 0 Å². The van der Waals surface area contributed by atoms with E-state index in [0.29, 0.717) is 0 Å². The monoisotopic (exact) mass is 283 g/mol. The zero-order chi connectivity index (χ0) is 13.7. The van der Waals surface area contributed by atoms with Crippen LogP contribution in [0, 0.1) is 0 Å². The number of nitrogens with zero attached hydrogens (tertiary/aromatic N) is 1. The van der Waals surface area contributed by atoms with Crippen molar-refractivity contribution in [3.05, 3.63) is 70.2 Å². The Bertz CT molecular complexity index is 712. The lowest BCUT2D eigenvalue weighted by Gasteiger charge is -2.34. The first-order valence-electron chi connectivity index (χ1n) is 6.91. The topological polar surface area (TPSA) is 20.3 Å². The molecule has 2 aliphatic rings. The van der Waals surface area contributed by atoms with Gasteiger partial charge in [0.1, 0.15) is 0 Å². The highest BCUT2D eigenvalue weighted by molar-refractivity contribution is 6.31. The van der Waals surface area contributed by atoms with Crippen molar-refractivity contribution >= 4 is 17.5 Å². The van der Waals surface area contributed by atoms with Gasteiger partial charge in [-0.1, -0.05) is 48.0 Å². The van der Waals surface area contributed by atoms with Crippen molar-refractivity contribution < 1.29 is 4.79 Å². The molecule has 100 valence electrons. The van der Waals surface area contributed by atoms with Crippen LogP contribution < -0.4 is 0 Å².